The number of aliphatic hydroxyl groups is 1. The predicted octanol–water partition coefficient (Wildman–Crippen LogP) is 1.75. The van der Waals surface area contributed by atoms with Crippen molar-refractivity contribution in [2.24, 2.45) is 0 Å². The van der Waals surface area contributed by atoms with E-state index < -0.39 is 36.2 Å². The molecule has 1 saturated heterocycles. The first kappa shape index (κ1) is 18.6. The van der Waals surface area contributed by atoms with E-state index in [1.807, 2.05) is 0 Å². The number of cyclic esters (lactones) is 1. The van der Waals surface area contributed by atoms with Crippen LogP contribution in [0.25, 0.3) is 0 Å². The van der Waals surface area contributed by atoms with E-state index in [1.54, 1.807) is 60.7 Å². The second-order valence-electron chi connectivity index (χ2n) is 6.00. The number of ether oxygens (including phenoxy) is 3. The van der Waals surface area contributed by atoms with Crippen molar-refractivity contribution < 1.29 is 33.7 Å². The third-order valence-corrected chi connectivity index (χ3v) is 4.07. The van der Waals surface area contributed by atoms with E-state index in [-0.39, 0.29) is 13.0 Å². The van der Waals surface area contributed by atoms with Crippen LogP contribution < -0.4 is 0 Å². The summed E-state index contributed by atoms with van der Waals surface area (Å²) >= 11 is 0. The van der Waals surface area contributed by atoms with Crippen molar-refractivity contribution in [3.63, 3.8) is 0 Å². The van der Waals surface area contributed by atoms with E-state index in [0.717, 1.165) is 0 Å². The van der Waals surface area contributed by atoms with Gasteiger partial charge < -0.3 is 19.3 Å². The average molecular weight is 370 g/mol. The highest BCUT2D eigenvalue weighted by molar-refractivity contribution is 5.90. The monoisotopic (exact) mass is 370 g/mol. The van der Waals surface area contributed by atoms with Gasteiger partial charge in [0.25, 0.3) is 0 Å². The highest BCUT2D eigenvalue weighted by Crippen LogP contribution is 2.21. The van der Waals surface area contributed by atoms with Gasteiger partial charge in [0.2, 0.25) is 0 Å². The molecule has 1 unspecified atom stereocenters. The van der Waals surface area contributed by atoms with Crippen molar-refractivity contribution in [3.05, 3.63) is 71.8 Å². The third kappa shape index (κ3) is 4.71. The Balaban J connectivity index is 1.65. The Hall–Kier alpha value is -3.19. The second-order valence-corrected chi connectivity index (χ2v) is 6.00. The normalized spacial score (nSPS) is 21.8. The maximum atomic E-state index is 12.3. The molecule has 0 bridgehead atoms. The maximum absolute atomic E-state index is 12.3. The van der Waals surface area contributed by atoms with Crippen LogP contribution >= 0.6 is 0 Å². The lowest BCUT2D eigenvalue weighted by atomic mass is 10.0. The fraction of sp³-hybridized carbons (Fsp3) is 0.250. The number of esters is 3. The van der Waals surface area contributed by atoms with Gasteiger partial charge in [-0.15, -0.1) is 0 Å². The van der Waals surface area contributed by atoms with E-state index in [2.05, 4.69) is 0 Å². The Labute approximate surface area is 155 Å². The largest absolute Gasteiger partial charge is 0.458 e. The topological polar surface area (TPSA) is 99.1 Å². The lowest BCUT2D eigenvalue weighted by molar-refractivity contribution is -0.183. The summed E-state index contributed by atoms with van der Waals surface area (Å²) in [5.41, 5.74) is 0.668. The molecule has 0 aromatic heterocycles. The summed E-state index contributed by atoms with van der Waals surface area (Å²) in [6, 6.07) is 16.6. The zero-order chi connectivity index (χ0) is 19.2. The Morgan fingerprint density at radius 2 is 1.52 bits per heavy atom. The van der Waals surface area contributed by atoms with Crippen molar-refractivity contribution in [2.45, 2.75) is 24.7 Å². The fourth-order valence-corrected chi connectivity index (χ4v) is 2.63. The number of benzene rings is 2. The first-order valence-electron chi connectivity index (χ1n) is 8.41. The summed E-state index contributed by atoms with van der Waals surface area (Å²) in [6.07, 6.45) is -3.47. The quantitative estimate of drug-likeness (QED) is 0.632. The molecule has 0 radical (unpaired) electrons. The molecule has 1 aliphatic heterocycles. The minimum atomic E-state index is -1.40. The Kier molecular flexibility index (Phi) is 5.83. The minimum absolute atomic E-state index is 0.134. The summed E-state index contributed by atoms with van der Waals surface area (Å²) in [7, 11) is 0. The Morgan fingerprint density at radius 1 is 0.963 bits per heavy atom. The molecule has 0 spiro atoms. The van der Waals surface area contributed by atoms with Crippen molar-refractivity contribution in [1.82, 2.24) is 0 Å². The number of carbonyl (C=O) groups excluding carboxylic acids is 3. The Morgan fingerprint density at radius 3 is 2.11 bits per heavy atom. The zero-order valence-electron chi connectivity index (χ0n) is 14.3. The first-order valence-corrected chi connectivity index (χ1v) is 8.41. The standard InChI is InChI=1S/C20H18O7/c21-15-11-16(26-19(23)14-9-5-2-6-10-14)17(27-20(15)24)12-25-18(22)13-7-3-1-4-8-13/h1-10,15-17,21H,11-12H2/t15?,16-,17+/m0/s1. The number of rotatable bonds is 5. The van der Waals surface area contributed by atoms with Gasteiger partial charge in [-0.2, -0.15) is 0 Å². The third-order valence-electron chi connectivity index (χ3n) is 4.07. The van der Waals surface area contributed by atoms with Gasteiger partial charge in [-0.3, -0.25) is 0 Å². The number of aliphatic hydroxyl groups excluding tert-OH is 1. The second kappa shape index (κ2) is 8.46. The van der Waals surface area contributed by atoms with Crippen LogP contribution in [0.4, 0.5) is 0 Å². The van der Waals surface area contributed by atoms with Crippen molar-refractivity contribution in [1.29, 1.82) is 0 Å². The van der Waals surface area contributed by atoms with Gasteiger partial charge >= 0.3 is 17.9 Å². The van der Waals surface area contributed by atoms with Crippen molar-refractivity contribution >= 4 is 17.9 Å². The number of carbonyl (C=O) groups is 3. The summed E-state index contributed by atoms with van der Waals surface area (Å²) in [5.74, 6) is -2.06. The lowest BCUT2D eigenvalue weighted by Gasteiger charge is -2.32. The van der Waals surface area contributed by atoms with Crippen LogP contribution in [0.3, 0.4) is 0 Å². The van der Waals surface area contributed by atoms with Crippen LogP contribution in [0, 0.1) is 0 Å². The molecule has 0 saturated carbocycles. The van der Waals surface area contributed by atoms with Gasteiger partial charge in [-0.25, -0.2) is 14.4 Å². The van der Waals surface area contributed by atoms with Crippen LogP contribution in [-0.4, -0.2) is 47.9 Å². The molecule has 7 nitrogen and oxygen atoms in total. The molecule has 1 N–H and O–H groups in total. The van der Waals surface area contributed by atoms with Crippen molar-refractivity contribution in [3.8, 4) is 0 Å². The van der Waals surface area contributed by atoms with Crippen LogP contribution in [0.2, 0.25) is 0 Å². The molecule has 7 heteroatoms. The van der Waals surface area contributed by atoms with Crippen LogP contribution in [0.5, 0.6) is 0 Å². The van der Waals surface area contributed by atoms with Gasteiger partial charge in [0.05, 0.1) is 11.1 Å². The molecular weight excluding hydrogens is 352 g/mol. The van der Waals surface area contributed by atoms with Gasteiger partial charge in [-0.1, -0.05) is 36.4 Å². The van der Waals surface area contributed by atoms with Crippen LogP contribution in [0.1, 0.15) is 27.1 Å². The van der Waals surface area contributed by atoms with E-state index >= 15 is 0 Å². The molecule has 1 fully saturated rings. The molecular formula is C20H18O7. The molecule has 140 valence electrons. The summed E-state index contributed by atoms with van der Waals surface area (Å²) in [4.78, 5) is 36.0. The molecule has 3 atom stereocenters. The molecule has 27 heavy (non-hydrogen) atoms. The average Bonchev–Trinajstić information content (AvgIpc) is 2.70. The van der Waals surface area contributed by atoms with Gasteiger partial charge in [0.15, 0.2) is 12.2 Å². The first-order chi connectivity index (χ1) is 13.0. The molecule has 1 heterocycles. The smallest absolute Gasteiger partial charge is 0.338 e. The highest BCUT2D eigenvalue weighted by atomic mass is 16.6. The summed E-state index contributed by atoms with van der Waals surface area (Å²) in [6.45, 7) is -0.293. The number of hydrogen-bond donors (Lipinski definition) is 1. The van der Waals surface area contributed by atoms with Crippen molar-refractivity contribution in [2.75, 3.05) is 6.61 Å². The zero-order valence-corrected chi connectivity index (χ0v) is 14.3. The molecule has 2 aromatic rings. The summed E-state index contributed by atoms with van der Waals surface area (Å²) < 4.78 is 15.6. The van der Waals surface area contributed by atoms with Crippen LogP contribution in [0.15, 0.2) is 60.7 Å². The van der Waals surface area contributed by atoms with E-state index in [9.17, 15) is 19.5 Å². The predicted molar refractivity (Wildman–Crippen MR) is 92.9 cm³/mol. The molecule has 0 amide bonds. The molecule has 3 rings (SSSR count). The minimum Gasteiger partial charge on any atom is -0.458 e. The SMILES string of the molecule is O=C(OC[C@H]1OC(=O)C(O)C[C@@H]1OC(=O)c1ccccc1)c1ccccc1. The Bertz CT molecular complexity index is 804. The highest BCUT2D eigenvalue weighted by Gasteiger charge is 2.40. The molecule has 1 aliphatic rings. The van der Waals surface area contributed by atoms with E-state index in [4.69, 9.17) is 14.2 Å². The van der Waals surface area contributed by atoms with Crippen LogP contribution in [-0.2, 0) is 19.0 Å². The molecule has 0 aliphatic carbocycles. The lowest BCUT2D eigenvalue weighted by Crippen LogP contribution is -2.48. The summed E-state index contributed by atoms with van der Waals surface area (Å²) in [5, 5.41) is 9.73. The van der Waals surface area contributed by atoms with Gasteiger partial charge in [0, 0.05) is 6.42 Å². The van der Waals surface area contributed by atoms with E-state index in [0.29, 0.717) is 11.1 Å². The molecule has 2 aromatic carbocycles. The van der Waals surface area contributed by atoms with Gasteiger partial charge in [-0.05, 0) is 24.3 Å². The fourth-order valence-electron chi connectivity index (χ4n) is 2.63. The number of hydrogen-bond acceptors (Lipinski definition) is 7. The maximum Gasteiger partial charge on any atom is 0.338 e. The van der Waals surface area contributed by atoms with Gasteiger partial charge in [0.1, 0.15) is 12.7 Å². The van der Waals surface area contributed by atoms with E-state index in [1.165, 1.54) is 0 Å².